The van der Waals surface area contributed by atoms with Crippen molar-refractivity contribution in [2.75, 3.05) is 0 Å². The zero-order valence-corrected chi connectivity index (χ0v) is 12.9. The van der Waals surface area contributed by atoms with Crippen molar-refractivity contribution < 1.29 is 9.63 Å². The highest BCUT2D eigenvalue weighted by Gasteiger charge is 2.15. The molecule has 1 aromatic heterocycles. The number of aliphatic hydroxyl groups excluding tert-OH is 1. The van der Waals surface area contributed by atoms with Gasteiger partial charge in [-0.2, -0.15) is 4.98 Å². The first kappa shape index (κ1) is 15.1. The van der Waals surface area contributed by atoms with Crippen molar-refractivity contribution in [1.82, 2.24) is 10.1 Å². The van der Waals surface area contributed by atoms with Gasteiger partial charge in [-0.1, -0.05) is 36.7 Å². The van der Waals surface area contributed by atoms with E-state index in [0.717, 1.165) is 0 Å². The predicted octanol–water partition coefficient (Wildman–Crippen LogP) is 3.23. The molecule has 2 rings (SSSR count). The molecular weight excluding hydrogens is 272 g/mol. The first-order valence-corrected chi connectivity index (χ1v) is 7.72. The Bertz CT molecular complexity index is 537. The molecule has 0 amide bonds. The fourth-order valence-corrected chi connectivity index (χ4v) is 2.37. The third-order valence-corrected chi connectivity index (χ3v) is 4.06. The maximum atomic E-state index is 9.79. The number of aryl methyl sites for hydroxylation is 1. The van der Waals surface area contributed by atoms with Crippen molar-refractivity contribution in [2.24, 2.45) is 5.92 Å². The number of hydrogen-bond acceptors (Lipinski definition) is 5. The van der Waals surface area contributed by atoms with E-state index in [2.05, 4.69) is 41.3 Å². The predicted molar refractivity (Wildman–Crippen MR) is 79.6 cm³/mol. The van der Waals surface area contributed by atoms with Crippen LogP contribution in [0, 0.1) is 12.8 Å². The molecule has 108 valence electrons. The van der Waals surface area contributed by atoms with E-state index in [-0.39, 0.29) is 5.92 Å². The average molecular weight is 292 g/mol. The molecule has 0 fully saturated rings. The van der Waals surface area contributed by atoms with Gasteiger partial charge in [0.05, 0.1) is 18.3 Å². The summed E-state index contributed by atoms with van der Waals surface area (Å²) in [6, 6.07) is 8.35. The second kappa shape index (κ2) is 6.90. The van der Waals surface area contributed by atoms with Gasteiger partial charge in [-0.25, -0.2) is 0 Å². The van der Waals surface area contributed by atoms with Crippen LogP contribution in [0.15, 0.2) is 33.7 Å². The molecule has 4 nitrogen and oxygen atoms in total. The molecule has 1 unspecified atom stereocenters. The molecule has 0 aliphatic rings. The Hall–Kier alpha value is -1.33. The number of rotatable bonds is 6. The summed E-state index contributed by atoms with van der Waals surface area (Å²) in [6.07, 6.45) is -0.0205. The molecule has 0 spiro atoms. The summed E-state index contributed by atoms with van der Waals surface area (Å²) in [4.78, 5) is 5.49. The van der Waals surface area contributed by atoms with Gasteiger partial charge in [0.1, 0.15) is 0 Å². The summed E-state index contributed by atoms with van der Waals surface area (Å²) >= 11 is 1.67. The minimum Gasteiger partial charge on any atom is -0.392 e. The summed E-state index contributed by atoms with van der Waals surface area (Å²) in [5.41, 5.74) is 1.25. The molecule has 0 aliphatic carbocycles. The maximum absolute atomic E-state index is 9.79. The number of benzene rings is 1. The van der Waals surface area contributed by atoms with Crippen molar-refractivity contribution in [1.29, 1.82) is 0 Å². The normalized spacial score (nSPS) is 12.8. The van der Waals surface area contributed by atoms with Crippen molar-refractivity contribution in [3.63, 3.8) is 0 Å². The van der Waals surface area contributed by atoms with Crippen LogP contribution in [0.5, 0.6) is 0 Å². The molecule has 1 aromatic carbocycles. The largest absolute Gasteiger partial charge is 0.392 e. The zero-order chi connectivity index (χ0) is 14.5. The third-order valence-electron chi connectivity index (χ3n) is 3.05. The molecule has 2 aromatic rings. The smallest absolute Gasteiger partial charge is 0.229 e. The lowest BCUT2D eigenvalue weighted by Gasteiger charge is -2.10. The Morgan fingerprint density at radius 3 is 2.60 bits per heavy atom. The zero-order valence-electron chi connectivity index (χ0n) is 12.0. The number of hydrogen-bond donors (Lipinski definition) is 1. The second-order valence-electron chi connectivity index (χ2n) is 5.22. The molecule has 5 heteroatoms. The minimum atomic E-state index is -0.437. The van der Waals surface area contributed by atoms with Gasteiger partial charge in [0.25, 0.3) is 0 Å². The highest BCUT2D eigenvalue weighted by molar-refractivity contribution is 7.98. The van der Waals surface area contributed by atoms with E-state index < -0.39 is 6.10 Å². The van der Waals surface area contributed by atoms with Crippen molar-refractivity contribution in [3.05, 3.63) is 41.5 Å². The van der Waals surface area contributed by atoms with Crippen LogP contribution in [0.25, 0.3) is 0 Å². The summed E-state index contributed by atoms with van der Waals surface area (Å²) in [6.45, 7) is 6.00. The topological polar surface area (TPSA) is 59.2 Å². The van der Waals surface area contributed by atoms with E-state index in [1.165, 1.54) is 10.5 Å². The Kier molecular flexibility index (Phi) is 5.20. The fourth-order valence-electron chi connectivity index (χ4n) is 1.63. The van der Waals surface area contributed by atoms with Gasteiger partial charge in [0.2, 0.25) is 5.89 Å². The average Bonchev–Trinajstić information content (AvgIpc) is 2.85. The number of nitrogens with zero attached hydrogens (tertiary/aromatic N) is 2. The van der Waals surface area contributed by atoms with Crippen molar-refractivity contribution >= 4 is 11.8 Å². The number of thioether (sulfide) groups is 1. The van der Waals surface area contributed by atoms with Gasteiger partial charge in [-0.15, -0.1) is 11.8 Å². The van der Waals surface area contributed by atoms with Crippen LogP contribution in [0.1, 0.15) is 31.1 Å². The van der Waals surface area contributed by atoms with E-state index in [9.17, 15) is 5.11 Å². The molecule has 1 N–H and O–H groups in total. The molecule has 0 saturated heterocycles. The Morgan fingerprint density at radius 2 is 1.95 bits per heavy atom. The van der Waals surface area contributed by atoms with Gasteiger partial charge in [-0.3, -0.25) is 0 Å². The molecule has 1 atom stereocenters. The van der Waals surface area contributed by atoms with E-state index in [1.54, 1.807) is 11.8 Å². The third kappa shape index (κ3) is 4.35. The molecule has 0 saturated carbocycles. The van der Waals surface area contributed by atoms with Gasteiger partial charge < -0.3 is 9.63 Å². The van der Waals surface area contributed by atoms with Crippen LogP contribution in [0.2, 0.25) is 0 Å². The van der Waals surface area contributed by atoms with Crippen LogP contribution in [-0.4, -0.2) is 21.4 Å². The first-order chi connectivity index (χ1) is 9.54. The fraction of sp³-hybridized carbons (Fsp3) is 0.467. The van der Waals surface area contributed by atoms with E-state index in [0.29, 0.717) is 23.9 Å². The lowest BCUT2D eigenvalue weighted by Crippen LogP contribution is -2.17. The van der Waals surface area contributed by atoms with Crippen LogP contribution >= 0.6 is 11.8 Å². The molecule has 20 heavy (non-hydrogen) atoms. The second-order valence-corrected chi connectivity index (χ2v) is 6.27. The Balaban J connectivity index is 1.88. The quantitative estimate of drug-likeness (QED) is 0.828. The number of aliphatic hydroxyl groups is 1. The van der Waals surface area contributed by atoms with Gasteiger partial charge in [0.15, 0.2) is 5.82 Å². The summed E-state index contributed by atoms with van der Waals surface area (Å²) in [5.74, 6) is 2.03. The molecule has 1 heterocycles. The molecule has 0 radical (unpaired) electrons. The molecule has 0 bridgehead atoms. The van der Waals surface area contributed by atoms with Crippen LogP contribution in [0.4, 0.5) is 0 Å². The maximum Gasteiger partial charge on any atom is 0.229 e. The molecular formula is C15H20N2O2S. The summed E-state index contributed by atoms with van der Waals surface area (Å²) in [5, 5.41) is 13.7. The van der Waals surface area contributed by atoms with Gasteiger partial charge in [-0.05, 0) is 25.0 Å². The highest BCUT2D eigenvalue weighted by atomic mass is 32.2. The number of aromatic nitrogens is 2. The van der Waals surface area contributed by atoms with E-state index in [1.807, 2.05) is 13.8 Å². The van der Waals surface area contributed by atoms with Gasteiger partial charge in [0, 0.05) is 4.90 Å². The van der Waals surface area contributed by atoms with Gasteiger partial charge >= 0.3 is 0 Å². The van der Waals surface area contributed by atoms with Crippen LogP contribution < -0.4 is 0 Å². The SMILES string of the molecule is Cc1ccc(SCc2noc(CC(O)C(C)C)n2)cc1. The summed E-state index contributed by atoms with van der Waals surface area (Å²) in [7, 11) is 0. The standard InChI is InChI=1S/C15H20N2O2S/c1-10(2)13(18)8-15-16-14(17-19-15)9-20-12-6-4-11(3)5-7-12/h4-7,10,13,18H,8-9H2,1-3H3. The van der Waals surface area contributed by atoms with E-state index in [4.69, 9.17) is 4.52 Å². The van der Waals surface area contributed by atoms with E-state index >= 15 is 0 Å². The minimum absolute atomic E-state index is 0.187. The summed E-state index contributed by atoms with van der Waals surface area (Å²) < 4.78 is 5.16. The van der Waals surface area contributed by atoms with Crippen LogP contribution in [0.3, 0.4) is 0 Å². The monoisotopic (exact) mass is 292 g/mol. The van der Waals surface area contributed by atoms with Crippen LogP contribution in [-0.2, 0) is 12.2 Å². The molecule has 0 aliphatic heterocycles. The lowest BCUT2D eigenvalue weighted by molar-refractivity contribution is 0.116. The van der Waals surface area contributed by atoms with Crippen molar-refractivity contribution in [2.45, 2.75) is 43.9 Å². The van der Waals surface area contributed by atoms with Crippen molar-refractivity contribution in [3.8, 4) is 0 Å². The Labute approximate surface area is 123 Å². The first-order valence-electron chi connectivity index (χ1n) is 6.73. The highest BCUT2D eigenvalue weighted by Crippen LogP contribution is 2.22. The Morgan fingerprint density at radius 1 is 1.25 bits per heavy atom. The lowest BCUT2D eigenvalue weighted by atomic mass is 10.0.